The maximum Gasteiger partial charge on any atom is 0.260 e. The summed E-state index contributed by atoms with van der Waals surface area (Å²) in [6.07, 6.45) is 4.95. The number of benzene rings is 1. The molecule has 140 valence electrons. The molecule has 1 aromatic carbocycles. The van der Waals surface area contributed by atoms with E-state index in [-0.39, 0.29) is 18.4 Å². The van der Waals surface area contributed by atoms with Crippen LogP contribution in [0.15, 0.2) is 24.3 Å². The summed E-state index contributed by atoms with van der Waals surface area (Å²) < 4.78 is 5.68. The third-order valence-corrected chi connectivity index (χ3v) is 6.09. The average molecular weight is 357 g/mol. The molecule has 26 heavy (non-hydrogen) atoms. The van der Waals surface area contributed by atoms with Crippen molar-refractivity contribution in [1.82, 2.24) is 10.2 Å². The van der Waals surface area contributed by atoms with Crippen molar-refractivity contribution in [2.75, 3.05) is 44.2 Å². The molecule has 4 rings (SSSR count). The van der Waals surface area contributed by atoms with Crippen LogP contribution in [0.25, 0.3) is 0 Å². The fraction of sp³-hybridized carbons (Fsp3) is 0.600. The Morgan fingerprint density at radius 1 is 1.12 bits per heavy atom. The average Bonchev–Trinajstić information content (AvgIpc) is 3.30. The van der Waals surface area contributed by atoms with Gasteiger partial charge in [0.25, 0.3) is 5.91 Å². The van der Waals surface area contributed by atoms with E-state index in [9.17, 15) is 9.59 Å². The van der Waals surface area contributed by atoms with E-state index in [0.717, 1.165) is 57.7 Å². The molecule has 3 saturated heterocycles. The summed E-state index contributed by atoms with van der Waals surface area (Å²) in [6.45, 7) is 4.73. The number of rotatable bonds is 4. The van der Waals surface area contributed by atoms with Crippen molar-refractivity contribution in [2.24, 2.45) is 5.41 Å². The van der Waals surface area contributed by atoms with Gasteiger partial charge < -0.3 is 19.9 Å². The number of anilines is 1. The van der Waals surface area contributed by atoms with Crippen molar-refractivity contribution in [3.63, 3.8) is 0 Å². The molecule has 0 unspecified atom stereocenters. The number of carbonyl (C=O) groups excluding carboxylic acids is 2. The minimum atomic E-state index is 0.0598. The Hall–Kier alpha value is -2.08. The number of carbonyl (C=O) groups is 2. The Balaban J connectivity index is 1.26. The zero-order valence-electron chi connectivity index (χ0n) is 15.2. The van der Waals surface area contributed by atoms with Crippen LogP contribution in [0, 0.1) is 5.41 Å². The number of hydrogen-bond donors (Lipinski definition) is 1. The van der Waals surface area contributed by atoms with Crippen LogP contribution < -0.4 is 15.0 Å². The van der Waals surface area contributed by atoms with Gasteiger partial charge in [-0.05, 0) is 61.9 Å². The van der Waals surface area contributed by atoms with Crippen LogP contribution in [0.5, 0.6) is 5.75 Å². The van der Waals surface area contributed by atoms with E-state index in [1.165, 1.54) is 6.42 Å². The fourth-order valence-corrected chi connectivity index (χ4v) is 4.33. The van der Waals surface area contributed by atoms with E-state index in [1.54, 1.807) is 4.90 Å². The van der Waals surface area contributed by atoms with Gasteiger partial charge in [-0.3, -0.25) is 9.59 Å². The SMILES string of the molecule is O=C(COc1ccc(N2CCCC2=O)cc1)N1CCC2(CCNC2)CC1. The number of ether oxygens (including phenoxy) is 1. The topological polar surface area (TPSA) is 61.9 Å². The summed E-state index contributed by atoms with van der Waals surface area (Å²) in [5, 5.41) is 3.45. The number of piperidine rings is 1. The lowest BCUT2D eigenvalue weighted by molar-refractivity contribution is -0.135. The Morgan fingerprint density at radius 2 is 1.88 bits per heavy atom. The molecule has 0 saturated carbocycles. The van der Waals surface area contributed by atoms with Gasteiger partial charge in [0.05, 0.1) is 0 Å². The van der Waals surface area contributed by atoms with Gasteiger partial charge >= 0.3 is 0 Å². The number of nitrogens with one attached hydrogen (secondary N) is 1. The highest BCUT2D eigenvalue weighted by Crippen LogP contribution is 2.36. The zero-order valence-corrected chi connectivity index (χ0v) is 15.2. The number of hydrogen-bond acceptors (Lipinski definition) is 4. The molecule has 0 aromatic heterocycles. The van der Waals surface area contributed by atoms with Crippen molar-refractivity contribution in [1.29, 1.82) is 0 Å². The standard InChI is InChI=1S/C20H27N3O3/c24-18-2-1-11-23(18)16-3-5-17(6-4-16)26-14-19(25)22-12-8-20(9-13-22)7-10-21-15-20/h3-6,21H,1-2,7-15H2. The molecule has 3 aliphatic heterocycles. The van der Waals surface area contributed by atoms with Gasteiger partial charge in [0.1, 0.15) is 5.75 Å². The van der Waals surface area contributed by atoms with Crippen molar-refractivity contribution in [3.8, 4) is 5.75 Å². The maximum absolute atomic E-state index is 12.4. The van der Waals surface area contributed by atoms with Crippen LogP contribution in [-0.4, -0.2) is 56.0 Å². The van der Waals surface area contributed by atoms with E-state index < -0.39 is 0 Å². The Labute approximate surface area is 154 Å². The van der Waals surface area contributed by atoms with Crippen molar-refractivity contribution in [2.45, 2.75) is 32.1 Å². The lowest BCUT2D eigenvalue weighted by Crippen LogP contribution is -2.45. The first-order valence-electron chi connectivity index (χ1n) is 9.67. The first kappa shape index (κ1) is 17.3. The van der Waals surface area contributed by atoms with Crippen LogP contribution >= 0.6 is 0 Å². The molecule has 2 amide bonds. The summed E-state index contributed by atoms with van der Waals surface area (Å²) in [6, 6.07) is 7.45. The van der Waals surface area contributed by atoms with Gasteiger partial charge in [-0.1, -0.05) is 0 Å². The predicted molar refractivity (Wildman–Crippen MR) is 99.3 cm³/mol. The minimum absolute atomic E-state index is 0.0598. The number of amides is 2. The van der Waals surface area contributed by atoms with Crippen LogP contribution in [0.1, 0.15) is 32.1 Å². The molecule has 0 bridgehead atoms. The normalized spacial score (nSPS) is 22.2. The second-order valence-electron chi connectivity index (χ2n) is 7.74. The van der Waals surface area contributed by atoms with Gasteiger partial charge in [-0.2, -0.15) is 0 Å². The van der Waals surface area contributed by atoms with E-state index in [4.69, 9.17) is 4.74 Å². The molecule has 1 aromatic rings. The van der Waals surface area contributed by atoms with Gasteiger partial charge in [0.2, 0.25) is 5.91 Å². The minimum Gasteiger partial charge on any atom is -0.484 e. The van der Waals surface area contributed by atoms with Gasteiger partial charge in [-0.15, -0.1) is 0 Å². The molecule has 0 aliphatic carbocycles. The Bertz CT molecular complexity index is 657. The van der Waals surface area contributed by atoms with E-state index in [2.05, 4.69) is 5.32 Å². The fourth-order valence-electron chi connectivity index (χ4n) is 4.33. The third-order valence-electron chi connectivity index (χ3n) is 6.09. The molecular weight excluding hydrogens is 330 g/mol. The molecule has 3 aliphatic rings. The molecule has 1 N–H and O–H groups in total. The molecule has 6 nitrogen and oxygen atoms in total. The van der Waals surface area contributed by atoms with Gasteiger partial charge in [-0.25, -0.2) is 0 Å². The highest BCUT2D eigenvalue weighted by molar-refractivity contribution is 5.95. The lowest BCUT2D eigenvalue weighted by Gasteiger charge is -2.38. The van der Waals surface area contributed by atoms with E-state index in [1.807, 2.05) is 29.2 Å². The molecule has 0 radical (unpaired) electrons. The Morgan fingerprint density at radius 3 is 2.50 bits per heavy atom. The zero-order chi connectivity index (χ0) is 18.0. The monoisotopic (exact) mass is 357 g/mol. The summed E-state index contributed by atoms with van der Waals surface area (Å²) >= 11 is 0. The second-order valence-corrected chi connectivity index (χ2v) is 7.74. The van der Waals surface area contributed by atoms with Crippen LogP contribution in [0.4, 0.5) is 5.69 Å². The van der Waals surface area contributed by atoms with Crippen molar-refractivity contribution >= 4 is 17.5 Å². The molecule has 6 heteroatoms. The lowest BCUT2D eigenvalue weighted by atomic mass is 9.78. The van der Waals surface area contributed by atoms with E-state index in [0.29, 0.717) is 17.6 Å². The highest BCUT2D eigenvalue weighted by atomic mass is 16.5. The summed E-state index contributed by atoms with van der Waals surface area (Å²) in [5.41, 5.74) is 1.32. The molecule has 1 spiro atoms. The van der Waals surface area contributed by atoms with Gasteiger partial charge in [0.15, 0.2) is 6.61 Å². The van der Waals surface area contributed by atoms with Crippen LogP contribution in [-0.2, 0) is 9.59 Å². The summed E-state index contributed by atoms with van der Waals surface area (Å²) in [5.74, 6) is 0.904. The predicted octanol–water partition coefficient (Wildman–Crippen LogP) is 1.79. The van der Waals surface area contributed by atoms with Crippen molar-refractivity contribution in [3.05, 3.63) is 24.3 Å². The molecular formula is C20H27N3O3. The smallest absolute Gasteiger partial charge is 0.260 e. The largest absolute Gasteiger partial charge is 0.484 e. The van der Waals surface area contributed by atoms with Crippen LogP contribution in [0.3, 0.4) is 0 Å². The maximum atomic E-state index is 12.4. The second kappa shape index (κ2) is 7.27. The van der Waals surface area contributed by atoms with Gasteiger partial charge in [0, 0.05) is 38.3 Å². The highest BCUT2D eigenvalue weighted by Gasteiger charge is 2.38. The summed E-state index contributed by atoms with van der Waals surface area (Å²) in [4.78, 5) is 27.9. The molecule has 3 fully saturated rings. The quantitative estimate of drug-likeness (QED) is 0.893. The molecule has 3 heterocycles. The number of likely N-dealkylation sites (tertiary alicyclic amines) is 1. The first-order chi connectivity index (χ1) is 12.7. The third kappa shape index (κ3) is 3.56. The Kier molecular flexibility index (Phi) is 4.85. The number of nitrogens with zero attached hydrogens (tertiary/aromatic N) is 2. The van der Waals surface area contributed by atoms with E-state index >= 15 is 0 Å². The summed E-state index contributed by atoms with van der Waals surface area (Å²) in [7, 11) is 0. The molecule has 0 atom stereocenters. The first-order valence-corrected chi connectivity index (χ1v) is 9.67. The van der Waals surface area contributed by atoms with Crippen LogP contribution in [0.2, 0.25) is 0 Å². The van der Waals surface area contributed by atoms with Crippen molar-refractivity contribution < 1.29 is 14.3 Å².